The van der Waals surface area contributed by atoms with Crippen LogP contribution in [-0.2, 0) is 13.4 Å². The van der Waals surface area contributed by atoms with Crippen molar-refractivity contribution in [3.63, 3.8) is 0 Å². The van der Waals surface area contributed by atoms with Gasteiger partial charge in [-0.3, -0.25) is 0 Å². The molecule has 2 unspecified atom stereocenters. The van der Waals surface area contributed by atoms with E-state index in [1.807, 2.05) is 6.08 Å². The van der Waals surface area contributed by atoms with Gasteiger partial charge < -0.3 is 24.7 Å². The Labute approximate surface area is 182 Å². The van der Waals surface area contributed by atoms with Crippen molar-refractivity contribution in [2.45, 2.75) is 92.4 Å². The minimum absolute atomic E-state index is 0.191. The third-order valence-corrected chi connectivity index (χ3v) is 6.49. The Morgan fingerprint density at radius 3 is 1.53 bits per heavy atom. The van der Waals surface area contributed by atoms with Crippen molar-refractivity contribution in [3.05, 3.63) is 11.6 Å². The molecule has 5 N–H and O–H groups in total. The van der Waals surface area contributed by atoms with E-state index in [4.69, 9.17) is 24.7 Å². The van der Waals surface area contributed by atoms with Gasteiger partial charge in [0.1, 0.15) is 0 Å². The molecule has 10 heteroatoms. The summed E-state index contributed by atoms with van der Waals surface area (Å²) < 4.78 is 22.2. The van der Waals surface area contributed by atoms with Gasteiger partial charge in [0, 0.05) is 0 Å². The first-order valence-corrected chi connectivity index (χ1v) is 13.8. The molecule has 2 atom stereocenters. The molecule has 182 valence electrons. The summed E-state index contributed by atoms with van der Waals surface area (Å²) in [7, 11) is -10.1. The maximum atomic E-state index is 9.63. The van der Waals surface area contributed by atoms with Gasteiger partial charge in [-0.25, -0.2) is 9.13 Å². The van der Waals surface area contributed by atoms with Crippen LogP contribution in [0, 0.1) is 17.8 Å². The Bertz CT molecular complexity index is 519. The summed E-state index contributed by atoms with van der Waals surface area (Å²) in [4.78, 5) is 31.0. The zero-order chi connectivity index (χ0) is 23.8. The second kappa shape index (κ2) is 17.5. The first kappa shape index (κ1) is 32.1. The van der Waals surface area contributed by atoms with Gasteiger partial charge in [-0.1, -0.05) is 84.3 Å². The molecule has 0 aliphatic heterocycles. The number of rotatable bonds is 15. The summed E-state index contributed by atoms with van der Waals surface area (Å²) >= 11 is 0. The minimum atomic E-state index is -5.05. The van der Waals surface area contributed by atoms with E-state index < -0.39 is 15.6 Å². The standard InChI is InChI=1S/C20H40O.H4O7P2/c1-17(2)9-6-10-18(3)11-7-12-19(4)13-8-14-20(5)15-16-21;1-8(2,3)7-9(4,5)6/h15,17-19,21H,6-14,16H2,1-5H3;(H2,1,2,3)(H2,4,5,6)/b20-15+;. The summed E-state index contributed by atoms with van der Waals surface area (Å²) in [5.41, 5.74) is 1.34. The van der Waals surface area contributed by atoms with Crippen molar-refractivity contribution in [1.29, 1.82) is 0 Å². The Morgan fingerprint density at radius 2 is 1.20 bits per heavy atom. The second-order valence-electron chi connectivity index (χ2n) is 8.65. The molecular formula is C20H44O8P2. The lowest BCUT2D eigenvalue weighted by atomic mass is 9.91. The van der Waals surface area contributed by atoms with Crippen molar-refractivity contribution in [2.75, 3.05) is 6.61 Å². The predicted molar refractivity (Wildman–Crippen MR) is 121 cm³/mol. The van der Waals surface area contributed by atoms with Crippen LogP contribution in [0.3, 0.4) is 0 Å². The highest BCUT2D eigenvalue weighted by Crippen LogP contribution is 2.53. The summed E-state index contributed by atoms with van der Waals surface area (Å²) in [6, 6.07) is 0. The van der Waals surface area contributed by atoms with Crippen LogP contribution < -0.4 is 0 Å². The largest absolute Gasteiger partial charge is 0.478 e. The molecule has 0 fully saturated rings. The van der Waals surface area contributed by atoms with E-state index in [0.29, 0.717) is 0 Å². The van der Waals surface area contributed by atoms with E-state index in [0.717, 1.165) is 24.2 Å². The molecule has 0 radical (unpaired) electrons. The molecule has 0 aliphatic carbocycles. The Hall–Kier alpha value is -0.0400. The summed E-state index contributed by atoms with van der Waals surface area (Å²) in [5.74, 6) is 2.63. The van der Waals surface area contributed by atoms with Gasteiger partial charge in [0.05, 0.1) is 6.61 Å². The quantitative estimate of drug-likeness (QED) is 0.153. The maximum absolute atomic E-state index is 9.63. The van der Waals surface area contributed by atoms with Gasteiger partial charge in [-0.05, 0) is 37.5 Å². The van der Waals surface area contributed by atoms with Gasteiger partial charge in [-0.15, -0.1) is 0 Å². The lowest BCUT2D eigenvalue weighted by molar-refractivity contribution is 0.225. The van der Waals surface area contributed by atoms with Crippen LogP contribution in [0.25, 0.3) is 0 Å². The van der Waals surface area contributed by atoms with Gasteiger partial charge in [0.15, 0.2) is 0 Å². The summed E-state index contributed by atoms with van der Waals surface area (Å²) in [6.45, 7) is 11.8. The van der Waals surface area contributed by atoms with Crippen molar-refractivity contribution in [3.8, 4) is 0 Å². The van der Waals surface area contributed by atoms with Crippen molar-refractivity contribution >= 4 is 15.6 Å². The van der Waals surface area contributed by atoms with Crippen LogP contribution in [0.15, 0.2) is 11.6 Å². The summed E-state index contributed by atoms with van der Waals surface area (Å²) in [5, 5.41) is 8.83. The first-order chi connectivity index (χ1) is 13.7. The summed E-state index contributed by atoms with van der Waals surface area (Å²) in [6.07, 6.45) is 14.1. The van der Waals surface area contributed by atoms with E-state index in [2.05, 4.69) is 38.9 Å². The Kier molecular flexibility index (Phi) is 18.8. The molecular weight excluding hydrogens is 430 g/mol. The number of allylic oxidation sites excluding steroid dienone is 1. The van der Waals surface area contributed by atoms with E-state index in [1.165, 1.54) is 56.9 Å². The highest BCUT2D eigenvalue weighted by atomic mass is 31.3. The monoisotopic (exact) mass is 474 g/mol. The lowest BCUT2D eigenvalue weighted by Crippen LogP contribution is -2.00. The Morgan fingerprint density at radius 1 is 0.800 bits per heavy atom. The first-order valence-electron chi connectivity index (χ1n) is 10.7. The zero-order valence-corrected chi connectivity index (χ0v) is 21.0. The van der Waals surface area contributed by atoms with Crippen molar-refractivity contribution < 1.29 is 38.1 Å². The fraction of sp³-hybridized carbons (Fsp3) is 0.900. The van der Waals surface area contributed by atoms with Crippen molar-refractivity contribution in [2.24, 2.45) is 17.8 Å². The maximum Gasteiger partial charge on any atom is 0.478 e. The molecule has 0 saturated carbocycles. The van der Waals surface area contributed by atoms with Crippen molar-refractivity contribution in [1.82, 2.24) is 0 Å². The molecule has 0 heterocycles. The molecule has 0 aromatic carbocycles. The molecule has 0 spiro atoms. The normalized spacial score (nSPS) is 15.0. The molecule has 0 amide bonds. The van der Waals surface area contributed by atoms with Crippen LogP contribution in [-0.4, -0.2) is 31.3 Å². The van der Waals surface area contributed by atoms with E-state index in [9.17, 15) is 9.13 Å². The third kappa shape index (κ3) is 28.0. The van der Waals surface area contributed by atoms with E-state index in [1.54, 1.807) is 0 Å². The minimum Gasteiger partial charge on any atom is -0.392 e. The van der Waals surface area contributed by atoms with Crippen LogP contribution in [0.4, 0.5) is 0 Å². The molecule has 0 aliphatic rings. The van der Waals surface area contributed by atoms with E-state index >= 15 is 0 Å². The lowest BCUT2D eigenvalue weighted by Gasteiger charge is -2.15. The van der Waals surface area contributed by atoms with Crippen LogP contribution >= 0.6 is 15.6 Å². The SMILES string of the molecule is C/C(=C\CO)CCCC(C)CCCC(C)CCCC(C)C.O=P(O)(O)OP(=O)(O)O. The average molecular weight is 475 g/mol. The highest BCUT2D eigenvalue weighted by molar-refractivity contribution is 7.60. The molecule has 0 rings (SSSR count). The molecule has 0 aromatic heterocycles. The number of aliphatic hydroxyl groups excluding tert-OH is 1. The van der Waals surface area contributed by atoms with Crippen LogP contribution in [0.1, 0.15) is 92.4 Å². The van der Waals surface area contributed by atoms with Crippen LogP contribution in [0.2, 0.25) is 0 Å². The zero-order valence-electron chi connectivity index (χ0n) is 19.2. The van der Waals surface area contributed by atoms with Gasteiger partial charge >= 0.3 is 15.6 Å². The molecule has 0 saturated heterocycles. The number of phosphoric acid groups is 2. The molecule has 0 aromatic rings. The number of hydrogen-bond acceptors (Lipinski definition) is 4. The third-order valence-electron chi connectivity index (χ3n) is 4.79. The molecule has 30 heavy (non-hydrogen) atoms. The number of aliphatic hydroxyl groups is 1. The average Bonchev–Trinajstić information content (AvgIpc) is 2.51. The second-order valence-corrected chi connectivity index (χ2v) is 11.3. The molecule has 8 nitrogen and oxygen atoms in total. The topological polar surface area (TPSA) is 145 Å². The highest BCUT2D eigenvalue weighted by Gasteiger charge is 2.27. The fourth-order valence-corrected chi connectivity index (χ4v) is 4.21. The Balaban J connectivity index is 0. The smallest absolute Gasteiger partial charge is 0.392 e. The van der Waals surface area contributed by atoms with Gasteiger partial charge in [-0.2, -0.15) is 4.31 Å². The predicted octanol–water partition coefficient (Wildman–Crippen LogP) is 5.55. The fourth-order valence-electron chi connectivity index (χ4n) is 3.10. The van der Waals surface area contributed by atoms with Gasteiger partial charge in [0.25, 0.3) is 0 Å². The molecule has 0 bridgehead atoms. The van der Waals surface area contributed by atoms with Gasteiger partial charge in [0.2, 0.25) is 0 Å². The van der Waals surface area contributed by atoms with E-state index in [-0.39, 0.29) is 6.61 Å². The number of hydrogen-bond donors (Lipinski definition) is 5. The van der Waals surface area contributed by atoms with Crippen LogP contribution in [0.5, 0.6) is 0 Å².